The highest BCUT2D eigenvalue weighted by atomic mass is 79.9. The van der Waals surface area contributed by atoms with Crippen LogP contribution in [0.3, 0.4) is 0 Å². The quantitative estimate of drug-likeness (QED) is 0.943. The number of ether oxygens (including phenoxy) is 1. The Hall–Kier alpha value is -1.33. The third kappa shape index (κ3) is 2.68. The molecule has 0 aliphatic rings. The van der Waals surface area contributed by atoms with Gasteiger partial charge in [-0.25, -0.2) is 4.98 Å². The second-order valence-electron chi connectivity index (χ2n) is 3.55. The fourth-order valence-electron chi connectivity index (χ4n) is 1.55. The van der Waals surface area contributed by atoms with Crippen LogP contribution in [-0.2, 0) is 13.1 Å². The van der Waals surface area contributed by atoms with Crippen LogP contribution < -0.4 is 10.5 Å². The largest absolute Gasteiger partial charge is 0.425 e. The third-order valence-electron chi connectivity index (χ3n) is 2.46. The second kappa shape index (κ2) is 5.33. The number of hydrogen-bond acceptors (Lipinski definition) is 3. The van der Waals surface area contributed by atoms with Crippen molar-refractivity contribution in [1.82, 2.24) is 9.55 Å². The standard InChI is InChI=1S/C12H14BrN3O/c1-2-16-6-5-15-12(16)17-11-4-3-10(13)7-9(11)8-14/h3-7H,2,8,14H2,1H3. The molecule has 2 rings (SSSR count). The Morgan fingerprint density at radius 3 is 3.00 bits per heavy atom. The summed E-state index contributed by atoms with van der Waals surface area (Å²) < 4.78 is 8.69. The molecular weight excluding hydrogens is 282 g/mol. The van der Waals surface area contributed by atoms with Crippen molar-refractivity contribution in [3.63, 3.8) is 0 Å². The maximum absolute atomic E-state index is 5.77. The number of hydrogen-bond donors (Lipinski definition) is 1. The fourth-order valence-corrected chi connectivity index (χ4v) is 1.96. The molecule has 0 spiro atoms. The van der Waals surface area contributed by atoms with Crippen molar-refractivity contribution in [2.24, 2.45) is 5.73 Å². The van der Waals surface area contributed by atoms with Crippen molar-refractivity contribution in [1.29, 1.82) is 0 Å². The highest BCUT2D eigenvalue weighted by Gasteiger charge is 2.08. The number of nitrogens with two attached hydrogens (primary N) is 1. The van der Waals surface area contributed by atoms with Crippen LogP contribution in [0, 0.1) is 0 Å². The van der Waals surface area contributed by atoms with Gasteiger partial charge in [-0.1, -0.05) is 15.9 Å². The average molecular weight is 296 g/mol. The van der Waals surface area contributed by atoms with Crippen LogP contribution >= 0.6 is 15.9 Å². The topological polar surface area (TPSA) is 53.1 Å². The van der Waals surface area contributed by atoms with Crippen molar-refractivity contribution in [2.75, 3.05) is 0 Å². The Morgan fingerprint density at radius 2 is 2.29 bits per heavy atom. The number of nitrogens with zero attached hydrogens (tertiary/aromatic N) is 2. The zero-order valence-electron chi connectivity index (χ0n) is 9.56. The number of imidazole rings is 1. The van der Waals surface area contributed by atoms with E-state index in [1.807, 2.05) is 35.9 Å². The minimum Gasteiger partial charge on any atom is -0.425 e. The molecule has 0 fully saturated rings. The lowest BCUT2D eigenvalue weighted by Gasteiger charge is -2.10. The van der Waals surface area contributed by atoms with E-state index in [9.17, 15) is 0 Å². The van der Waals surface area contributed by atoms with Crippen LogP contribution in [0.5, 0.6) is 11.8 Å². The first-order valence-corrected chi connectivity index (χ1v) is 6.21. The van der Waals surface area contributed by atoms with Crippen molar-refractivity contribution in [3.05, 3.63) is 40.6 Å². The molecule has 5 heteroatoms. The molecule has 0 aliphatic heterocycles. The van der Waals surface area contributed by atoms with Crippen molar-refractivity contribution in [3.8, 4) is 11.8 Å². The minimum atomic E-state index is 0.432. The van der Waals surface area contributed by atoms with Gasteiger partial charge >= 0.3 is 6.01 Å². The molecule has 1 aromatic heterocycles. The molecule has 4 nitrogen and oxygen atoms in total. The number of rotatable bonds is 4. The van der Waals surface area contributed by atoms with E-state index >= 15 is 0 Å². The molecule has 2 N–H and O–H groups in total. The van der Waals surface area contributed by atoms with Gasteiger partial charge in [0.25, 0.3) is 0 Å². The molecule has 0 aliphatic carbocycles. The summed E-state index contributed by atoms with van der Waals surface area (Å²) in [6.07, 6.45) is 3.61. The minimum absolute atomic E-state index is 0.432. The summed E-state index contributed by atoms with van der Waals surface area (Å²) in [5.74, 6) is 0.747. The van der Waals surface area contributed by atoms with Crippen molar-refractivity contribution in [2.45, 2.75) is 20.0 Å². The number of aromatic nitrogens is 2. The van der Waals surface area contributed by atoms with Gasteiger partial charge in [-0.2, -0.15) is 0 Å². The monoisotopic (exact) mass is 295 g/mol. The third-order valence-corrected chi connectivity index (χ3v) is 2.95. The van der Waals surface area contributed by atoms with E-state index < -0.39 is 0 Å². The molecule has 0 bridgehead atoms. The molecule has 2 aromatic rings. The van der Waals surface area contributed by atoms with Crippen LogP contribution in [0.1, 0.15) is 12.5 Å². The Morgan fingerprint density at radius 1 is 1.47 bits per heavy atom. The van der Waals surface area contributed by atoms with E-state index in [4.69, 9.17) is 10.5 Å². The van der Waals surface area contributed by atoms with Crippen LogP contribution in [0.4, 0.5) is 0 Å². The van der Waals surface area contributed by atoms with Crippen LogP contribution in [0.15, 0.2) is 35.1 Å². The maximum Gasteiger partial charge on any atom is 0.301 e. The van der Waals surface area contributed by atoms with E-state index in [0.29, 0.717) is 12.6 Å². The SMILES string of the molecule is CCn1ccnc1Oc1ccc(Br)cc1CN. The molecule has 0 amide bonds. The van der Waals surface area contributed by atoms with Gasteiger partial charge in [0.15, 0.2) is 0 Å². The van der Waals surface area contributed by atoms with Gasteiger partial charge < -0.3 is 15.0 Å². The summed E-state index contributed by atoms with van der Waals surface area (Å²) in [4.78, 5) is 4.17. The van der Waals surface area contributed by atoms with E-state index in [1.165, 1.54) is 0 Å². The number of benzene rings is 1. The summed E-state index contributed by atoms with van der Waals surface area (Å²) in [7, 11) is 0. The Kier molecular flexibility index (Phi) is 3.81. The van der Waals surface area contributed by atoms with Gasteiger partial charge in [0.1, 0.15) is 5.75 Å². The first kappa shape index (κ1) is 12.1. The summed E-state index contributed by atoms with van der Waals surface area (Å²) in [5, 5.41) is 0. The van der Waals surface area contributed by atoms with Gasteiger partial charge in [0.05, 0.1) is 0 Å². The smallest absolute Gasteiger partial charge is 0.301 e. The second-order valence-corrected chi connectivity index (χ2v) is 4.47. The lowest BCUT2D eigenvalue weighted by atomic mass is 10.2. The van der Waals surface area contributed by atoms with Crippen LogP contribution in [0.2, 0.25) is 0 Å². The summed E-state index contributed by atoms with van der Waals surface area (Å²) in [5.41, 5.74) is 6.64. The Bertz CT molecular complexity index is 510. The molecule has 0 radical (unpaired) electrons. The maximum atomic E-state index is 5.77. The van der Waals surface area contributed by atoms with E-state index in [2.05, 4.69) is 20.9 Å². The molecule has 0 saturated carbocycles. The molecule has 1 heterocycles. The van der Waals surface area contributed by atoms with Gasteiger partial charge in [-0.15, -0.1) is 0 Å². The highest BCUT2D eigenvalue weighted by Crippen LogP contribution is 2.26. The number of aryl methyl sites for hydroxylation is 1. The average Bonchev–Trinajstić information content (AvgIpc) is 2.78. The van der Waals surface area contributed by atoms with Crippen molar-refractivity contribution < 1.29 is 4.74 Å². The lowest BCUT2D eigenvalue weighted by molar-refractivity contribution is 0.411. The highest BCUT2D eigenvalue weighted by molar-refractivity contribution is 9.10. The Balaban J connectivity index is 2.29. The van der Waals surface area contributed by atoms with E-state index in [1.54, 1.807) is 6.20 Å². The molecule has 0 atom stereocenters. The van der Waals surface area contributed by atoms with Gasteiger partial charge in [-0.05, 0) is 25.1 Å². The van der Waals surface area contributed by atoms with E-state index in [0.717, 1.165) is 22.3 Å². The normalized spacial score (nSPS) is 10.5. The molecule has 0 saturated heterocycles. The first-order valence-electron chi connectivity index (χ1n) is 5.42. The predicted molar refractivity (Wildman–Crippen MR) is 70.0 cm³/mol. The van der Waals surface area contributed by atoms with Gasteiger partial charge in [0, 0.05) is 35.5 Å². The molecule has 17 heavy (non-hydrogen) atoms. The fraction of sp³-hybridized carbons (Fsp3) is 0.250. The predicted octanol–water partition coefficient (Wildman–Crippen LogP) is 2.92. The summed E-state index contributed by atoms with van der Waals surface area (Å²) >= 11 is 3.41. The van der Waals surface area contributed by atoms with E-state index in [-0.39, 0.29) is 0 Å². The summed E-state index contributed by atoms with van der Waals surface area (Å²) in [6, 6.07) is 6.35. The van der Waals surface area contributed by atoms with Crippen LogP contribution in [0.25, 0.3) is 0 Å². The first-order chi connectivity index (χ1) is 8.24. The number of halogens is 1. The zero-order chi connectivity index (χ0) is 12.3. The van der Waals surface area contributed by atoms with Gasteiger partial charge in [0.2, 0.25) is 0 Å². The molecule has 1 aromatic carbocycles. The molecular formula is C12H14BrN3O. The Labute approximate surface area is 109 Å². The van der Waals surface area contributed by atoms with Crippen LogP contribution in [-0.4, -0.2) is 9.55 Å². The van der Waals surface area contributed by atoms with Gasteiger partial charge in [-0.3, -0.25) is 0 Å². The zero-order valence-corrected chi connectivity index (χ0v) is 11.1. The summed E-state index contributed by atoms with van der Waals surface area (Å²) in [6.45, 7) is 3.30. The molecule has 90 valence electrons. The molecule has 0 unspecified atom stereocenters. The van der Waals surface area contributed by atoms with Crippen molar-refractivity contribution >= 4 is 15.9 Å². The lowest BCUT2D eigenvalue weighted by Crippen LogP contribution is -2.02.